The normalized spacial score (nSPS) is 8.71. The minimum atomic E-state index is 1.21. The van der Waals surface area contributed by atoms with Crippen molar-refractivity contribution in [2.24, 2.45) is 5.73 Å². The van der Waals surface area contributed by atoms with Crippen molar-refractivity contribution in [3.05, 3.63) is 54.9 Å². The topological polar surface area (TPSA) is 38.9 Å². The number of aromatic nitrogens is 1. The van der Waals surface area contributed by atoms with Gasteiger partial charge in [0, 0.05) is 12.4 Å². The summed E-state index contributed by atoms with van der Waals surface area (Å²) in [6.07, 6.45) is 3.62. The summed E-state index contributed by atoms with van der Waals surface area (Å²) in [5, 5.41) is 0. The molecule has 0 radical (unpaired) electrons. The highest BCUT2D eigenvalue weighted by Crippen LogP contribution is 2.16. The quantitative estimate of drug-likeness (QED) is 0.742. The van der Waals surface area contributed by atoms with Crippen molar-refractivity contribution >= 4 is 0 Å². The van der Waals surface area contributed by atoms with Gasteiger partial charge >= 0.3 is 0 Å². The fraction of sp³-hybridized carbons (Fsp3) is 0.0833. The molecule has 1 heterocycles. The zero-order chi connectivity index (χ0) is 10.2. The Bertz CT molecular complexity index is 306. The molecule has 2 heteroatoms. The van der Waals surface area contributed by atoms with Gasteiger partial charge in [0.15, 0.2) is 0 Å². The van der Waals surface area contributed by atoms with Crippen LogP contribution in [-0.4, -0.2) is 12.0 Å². The van der Waals surface area contributed by atoms with Crippen LogP contribution in [0.15, 0.2) is 54.9 Å². The number of benzene rings is 1. The number of hydrogen-bond donors (Lipinski definition) is 1. The molecule has 0 saturated carbocycles. The minimum absolute atomic E-state index is 1.21. The number of pyridine rings is 1. The van der Waals surface area contributed by atoms with Gasteiger partial charge in [-0.05, 0) is 30.3 Å². The third kappa shape index (κ3) is 2.68. The SMILES string of the molecule is CN.c1ccc(-c2ccncc2)cc1. The molecule has 0 bridgehead atoms. The van der Waals surface area contributed by atoms with E-state index in [1.807, 2.05) is 42.7 Å². The number of rotatable bonds is 1. The zero-order valence-electron chi connectivity index (χ0n) is 8.22. The van der Waals surface area contributed by atoms with Gasteiger partial charge in [-0.25, -0.2) is 0 Å². The second kappa shape index (κ2) is 5.89. The predicted octanol–water partition coefficient (Wildman–Crippen LogP) is 2.32. The Kier molecular flexibility index (Phi) is 4.38. The number of nitrogens with zero attached hydrogens (tertiary/aromatic N) is 1. The van der Waals surface area contributed by atoms with E-state index in [1.54, 1.807) is 0 Å². The second-order valence-corrected chi connectivity index (χ2v) is 2.60. The van der Waals surface area contributed by atoms with E-state index in [1.165, 1.54) is 18.2 Å². The molecule has 1 aromatic heterocycles. The van der Waals surface area contributed by atoms with Crippen LogP contribution >= 0.6 is 0 Å². The van der Waals surface area contributed by atoms with Crippen LogP contribution in [0.1, 0.15) is 0 Å². The lowest BCUT2D eigenvalue weighted by atomic mass is 10.1. The highest BCUT2D eigenvalue weighted by molar-refractivity contribution is 5.62. The lowest BCUT2D eigenvalue weighted by molar-refractivity contribution is 1.33. The van der Waals surface area contributed by atoms with E-state index in [-0.39, 0.29) is 0 Å². The van der Waals surface area contributed by atoms with Crippen LogP contribution in [0.2, 0.25) is 0 Å². The highest BCUT2D eigenvalue weighted by Gasteiger charge is 1.92. The van der Waals surface area contributed by atoms with Crippen LogP contribution in [-0.2, 0) is 0 Å². The molecule has 1 aromatic carbocycles. The van der Waals surface area contributed by atoms with Crippen molar-refractivity contribution in [3.63, 3.8) is 0 Å². The van der Waals surface area contributed by atoms with E-state index in [4.69, 9.17) is 0 Å². The van der Waals surface area contributed by atoms with E-state index in [9.17, 15) is 0 Å². The maximum absolute atomic E-state index is 4.50. The molecule has 0 saturated heterocycles. The fourth-order valence-electron chi connectivity index (χ4n) is 1.17. The summed E-state index contributed by atoms with van der Waals surface area (Å²) >= 11 is 0. The van der Waals surface area contributed by atoms with Gasteiger partial charge < -0.3 is 5.73 Å². The van der Waals surface area contributed by atoms with Crippen molar-refractivity contribution in [2.75, 3.05) is 7.05 Å². The van der Waals surface area contributed by atoms with Gasteiger partial charge in [-0.1, -0.05) is 30.3 Å². The molecule has 0 fully saturated rings. The Labute approximate surface area is 84.4 Å². The molecule has 0 spiro atoms. The predicted molar refractivity (Wildman–Crippen MR) is 59.8 cm³/mol. The van der Waals surface area contributed by atoms with E-state index in [0.717, 1.165) is 0 Å². The Morgan fingerprint density at radius 3 is 1.86 bits per heavy atom. The first kappa shape index (κ1) is 10.4. The lowest BCUT2D eigenvalue weighted by Crippen LogP contribution is -1.76. The summed E-state index contributed by atoms with van der Waals surface area (Å²) in [6, 6.07) is 14.3. The second-order valence-electron chi connectivity index (χ2n) is 2.60. The Hall–Kier alpha value is -1.67. The first-order chi connectivity index (χ1) is 6.97. The van der Waals surface area contributed by atoms with Crippen LogP contribution in [0.25, 0.3) is 11.1 Å². The number of hydrogen-bond acceptors (Lipinski definition) is 2. The molecular weight excluding hydrogens is 172 g/mol. The summed E-state index contributed by atoms with van der Waals surface area (Å²) in [7, 11) is 1.50. The molecule has 2 N–H and O–H groups in total. The molecule has 0 aliphatic rings. The molecule has 0 atom stereocenters. The smallest absolute Gasteiger partial charge is 0.0273 e. The molecule has 72 valence electrons. The van der Waals surface area contributed by atoms with Crippen LogP contribution in [0, 0.1) is 0 Å². The van der Waals surface area contributed by atoms with Crippen molar-refractivity contribution in [1.82, 2.24) is 4.98 Å². The number of nitrogens with two attached hydrogens (primary N) is 1. The maximum atomic E-state index is 4.50. The third-order valence-electron chi connectivity index (χ3n) is 1.79. The van der Waals surface area contributed by atoms with E-state index < -0.39 is 0 Å². The summed E-state index contributed by atoms with van der Waals surface area (Å²) < 4.78 is 0. The molecule has 2 rings (SSSR count). The molecule has 2 nitrogen and oxygen atoms in total. The third-order valence-corrected chi connectivity index (χ3v) is 1.79. The van der Waals surface area contributed by atoms with E-state index >= 15 is 0 Å². The summed E-state index contributed by atoms with van der Waals surface area (Å²) in [6.45, 7) is 0. The molecule has 0 unspecified atom stereocenters. The minimum Gasteiger partial charge on any atom is -0.333 e. The van der Waals surface area contributed by atoms with Gasteiger partial charge in [0.25, 0.3) is 0 Å². The van der Waals surface area contributed by atoms with E-state index in [2.05, 4.69) is 22.9 Å². The lowest BCUT2D eigenvalue weighted by Gasteiger charge is -1.98. The van der Waals surface area contributed by atoms with Gasteiger partial charge in [0.05, 0.1) is 0 Å². The average Bonchev–Trinajstić information content (AvgIpc) is 2.34. The Balaban J connectivity index is 0.000000461. The molecule has 0 amide bonds. The van der Waals surface area contributed by atoms with Gasteiger partial charge in [-0.2, -0.15) is 0 Å². The van der Waals surface area contributed by atoms with Gasteiger partial charge in [-0.3, -0.25) is 4.98 Å². The van der Waals surface area contributed by atoms with Crippen LogP contribution < -0.4 is 5.73 Å². The van der Waals surface area contributed by atoms with Crippen molar-refractivity contribution in [3.8, 4) is 11.1 Å². The maximum Gasteiger partial charge on any atom is 0.0273 e. The van der Waals surface area contributed by atoms with Crippen molar-refractivity contribution in [2.45, 2.75) is 0 Å². The van der Waals surface area contributed by atoms with Crippen LogP contribution in [0.5, 0.6) is 0 Å². The van der Waals surface area contributed by atoms with Gasteiger partial charge in [-0.15, -0.1) is 0 Å². The van der Waals surface area contributed by atoms with Crippen LogP contribution in [0.3, 0.4) is 0 Å². The fourth-order valence-corrected chi connectivity index (χ4v) is 1.17. The standard InChI is InChI=1S/C11H9N.CH5N/c1-2-4-10(5-3-1)11-6-8-12-9-7-11;1-2/h1-9H;2H2,1H3. The van der Waals surface area contributed by atoms with Crippen molar-refractivity contribution in [1.29, 1.82) is 0 Å². The highest BCUT2D eigenvalue weighted by atomic mass is 14.6. The van der Waals surface area contributed by atoms with Crippen LogP contribution in [0.4, 0.5) is 0 Å². The Morgan fingerprint density at radius 2 is 1.29 bits per heavy atom. The van der Waals surface area contributed by atoms with Gasteiger partial charge in [0.1, 0.15) is 0 Å². The molecule has 14 heavy (non-hydrogen) atoms. The first-order valence-electron chi connectivity index (χ1n) is 4.50. The molecule has 0 aliphatic carbocycles. The summed E-state index contributed by atoms with van der Waals surface area (Å²) in [4.78, 5) is 3.97. The zero-order valence-corrected chi connectivity index (χ0v) is 8.22. The van der Waals surface area contributed by atoms with Crippen molar-refractivity contribution < 1.29 is 0 Å². The summed E-state index contributed by atoms with van der Waals surface area (Å²) in [5.74, 6) is 0. The average molecular weight is 186 g/mol. The van der Waals surface area contributed by atoms with E-state index in [0.29, 0.717) is 0 Å². The molecular formula is C12H14N2. The van der Waals surface area contributed by atoms with Gasteiger partial charge in [0.2, 0.25) is 0 Å². The first-order valence-corrected chi connectivity index (χ1v) is 4.50. The largest absolute Gasteiger partial charge is 0.333 e. The monoisotopic (exact) mass is 186 g/mol. The Morgan fingerprint density at radius 1 is 0.786 bits per heavy atom. The summed E-state index contributed by atoms with van der Waals surface area (Å²) in [5.41, 5.74) is 6.95. The molecule has 0 aliphatic heterocycles. The molecule has 2 aromatic rings.